The summed E-state index contributed by atoms with van der Waals surface area (Å²) in [5, 5.41) is 5.03. The van der Waals surface area contributed by atoms with Crippen molar-refractivity contribution >= 4 is 38.3 Å². The van der Waals surface area contributed by atoms with Gasteiger partial charge >= 0.3 is 0 Å². The number of para-hydroxylation sites is 1. The van der Waals surface area contributed by atoms with Crippen LogP contribution in [0.2, 0.25) is 0 Å². The molecule has 3 aromatic carbocycles. The number of nitrogens with zero attached hydrogens (tertiary/aromatic N) is 2. The number of aryl methyl sites for hydroxylation is 1. The topological polar surface area (TPSA) is 44.8 Å². The Balaban J connectivity index is 1.34. The first-order chi connectivity index (χ1) is 15.1. The van der Waals surface area contributed by atoms with Gasteiger partial charge in [0.1, 0.15) is 5.75 Å². The maximum Gasteiger partial charge on any atom is 0.255 e. The van der Waals surface area contributed by atoms with Gasteiger partial charge in [0.05, 0.1) is 12.7 Å². The number of ether oxygens (including phenoxy) is 1. The highest BCUT2D eigenvalue weighted by Gasteiger charge is 2.20. The molecule has 0 bridgehead atoms. The van der Waals surface area contributed by atoms with Crippen molar-refractivity contribution in [3.8, 4) is 5.75 Å². The molecular weight excluding hydrogens is 454 g/mol. The Kier molecular flexibility index (Phi) is 6.78. The first-order valence-electron chi connectivity index (χ1n) is 10.6. The first-order valence-corrected chi connectivity index (χ1v) is 11.4. The van der Waals surface area contributed by atoms with E-state index in [2.05, 4.69) is 62.2 Å². The SMILES string of the molecule is COc1c(C(=O)NCCN2CCN(c3ccccc3C)CC2)cc(Br)c2ccccc12. The number of hydrogen-bond acceptors (Lipinski definition) is 4. The minimum Gasteiger partial charge on any atom is -0.495 e. The molecule has 0 saturated carbocycles. The molecule has 0 spiro atoms. The Labute approximate surface area is 192 Å². The maximum atomic E-state index is 12.9. The third-order valence-corrected chi connectivity index (χ3v) is 6.59. The highest BCUT2D eigenvalue weighted by atomic mass is 79.9. The summed E-state index contributed by atoms with van der Waals surface area (Å²) < 4.78 is 6.49. The quantitative estimate of drug-likeness (QED) is 0.563. The van der Waals surface area contributed by atoms with Gasteiger partial charge in [-0.05, 0) is 30.0 Å². The van der Waals surface area contributed by atoms with Crippen molar-refractivity contribution in [2.75, 3.05) is 51.3 Å². The predicted molar refractivity (Wildman–Crippen MR) is 130 cm³/mol. The van der Waals surface area contributed by atoms with Gasteiger partial charge in [-0.1, -0.05) is 58.4 Å². The van der Waals surface area contributed by atoms with Crippen LogP contribution >= 0.6 is 15.9 Å². The maximum absolute atomic E-state index is 12.9. The van der Waals surface area contributed by atoms with E-state index in [0.29, 0.717) is 17.9 Å². The van der Waals surface area contributed by atoms with Gasteiger partial charge in [0, 0.05) is 54.8 Å². The van der Waals surface area contributed by atoms with Gasteiger partial charge in [-0.15, -0.1) is 0 Å². The minimum absolute atomic E-state index is 0.109. The van der Waals surface area contributed by atoms with Gasteiger partial charge < -0.3 is 15.0 Å². The molecule has 0 radical (unpaired) electrons. The molecule has 31 heavy (non-hydrogen) atoms. The number of benzene rings is 3. The van der Waals surface area contributed by atoms with Gasteiger partial charge in [0.15, 0.2) is 0 Å². The Hall–Kier alpha value is -2.57. The lowest BCUT2D eigenvalue weighted by atomic mass is 10.0. The van der Waals surface area contributed by atoms with Crippen molar-refractivity contribution in [2.24, 2.45) is 0 Å². The van der Waals surface area contributed by atoms with E-state index >= 15 is 0 Å². The number of methoxy groups -OCH3 is 1. The highest BCUT2D eigenvalue weighted by molar-refractivity contribution is 9.10. The lowest BCUT2D eigenvalue weighted by Gasteiger charge is -2.36. The zero-order chi connectivity index (χ0) is 21.8. The smallest absolute Gasteiger partial charge is 0.255 e. The van der Waals surface area contributed by atoms with E-state index in [-0.39, 0.29) is 5.91 Å². The number of carbonyl (C=O) groups is 1. The van der Waals surface area contributed by atoms with Crippen LogP contribution in [0.25, 0.3) is 10.8 Å². The third-order valence-electron chi connectivity index (χ3n) is 5.94. The number of piperazine rings is 1. The zero-order valence-corrected chi connectivity index (χ0v) is 19.6. The van der Waals surface area contributed by atoms with Crippen LogP contribution in [0.1, 0.15) is 15.9 Å². The molecule has 0 aromatic heterocycles. The lowest BCUT2D eigenvalue weighted by molar-refractivity contribution is 0.0945. The summed E-state index contributed by atoms with van der Waals surface area (Å²) >= 11 is 3.59. The molecule has 5 nitrogen and oxygen atoms in total. The van der Waals surface area contributed by atoms with Crippen LogP contribution in [-0.2, 0) is 0 Å². The molecule has 4 rings (SSSR count). The molecule has 3 aromatic rings. The number of rotatable bonds is 6. The Morgan fingerprint density at radius 2 is 1.71 bits per heavy atom. The van der Waals surface area contributed by atoms with E-state index in [9.17, 15) is 4.79 Å². The molecule has 1 aliphatic rings. The largest absolute Gasteiger partial charge is 0.495 e. The molecule has 1 aliphatic heterocycles. The fourth-order valence-corrected chi connectivity index (χ4v) is 4.82. The van der Waals surface area contributed by atoms with Gasteiger partial charge in [0.2, 0.25) is 0 Å². The summed E-state index contributed by atoms with van der Waals surface area (Å²) in [6.45, 7) is 7.61. The van der Waals surface area contributed by atoms with Gasteiger partial charge in [0.25, 0.3) is 5.91 Å². The summed E-state index contributed by atoms with van der Waals surface area (Å²) in [5.74, 6) is 0.505. The fourth-order valence-electron chi connectivity index (χ4n) is 4.25. The van der Waals surface area contributed by atoms with Crippen LogP contribution in [0.3, 0.4) is 0 Å². The summed E-state index contributed by atoms with van der Waals surface area (Å²) in [4.78, 5) is 17.7. The fraction of sp³-hybridized carbons (Fsp3) is 0.320. The van der Waals surface area contributed by atoms with E-state index in [0.717, 1.165) is 48.0 Å². The van der Waals surface area contributed by atoms with E-state index < -0.39 is 0 Å². The van der Waals surface area contributed by atoms with Crippen LogP contribution in [0.4, 0.5) is 5.69 Å². The molecule has 162 valence electrons. The minimum atomic E-state index is -0.109. The van der Waals surface area contributed by atoms with E-state index in [1.54, 1.807) is 7.11 Å². The number of amides is 1. The lowest BCUT2D eigenvalue weighted by Crippen LogP contribution is -2.48. The third kappa shape index (κ3) is 4.70. The second-order valence-corrected chi connectivity index (χ2v) is 8.71. The van der Waals surface area contributed by atoms with Gasteiger partial charge in [-0.3, -0.25) is 9.69 Å². The summed E-state index contributed by atoms with van der Waals surface area (Å²) in [6, 6.07) is 18.3. The molecule has 1 N–H and O–H groups in total. The van der Waals surface area contributed by atoms with Crippen molar-refractivity contribution in [3.05, 3.63) is 70.2 Å². The van der Waals surface area contributed by atoms with Crippen molar-refractivity contribution in [3.63, 3.8) is 0 Å². The van der Waals surface area contributed by atoms with Crippen molar-refractivity contribution in [1.29, 1.82) is 0 Å². The van der Waals surface area contributed by atoms with Gasteiger partial charge in [-0.25, -0.2) is 0 Å². The monoisotopic (exact) mass is 481 g/mol. The summed E-state index contributed by atoms with van der Waals surface area (Å²) in [6.07, 6.45) is 0. The molecule has 0 unspecified atom stereocenters. The number of anilines is 1. The summed E-state index contributed by atoms with van der Waals surface area (Å²) in [7, 11) is 1.61. The number of hydrogen-bond donors (Lipinski definition) is 1. The Bertz CT molecular complexity index is 1080. The van der Waals surface area contributed by atoms with Crippen LogP contribution in [0.5, 0.6) is 5.75 Å². The Morgan fingerprint density at radius 3 is 2.42 bits per heavy atom. The second-order valence-electron chi connectivity index (χ2n) is 7.86. The standard InChI is InChI=1S/C25H28BrN3O2/c1-18-7-3-6-10-23(18)29-15-13-28(14-16-29)12-11-27-25(30)21-17-22(26)19-8-4-5-9-20(19)24(21)31-2/h3-10,17H,11-16H2,1-2H3,(H,27,30). The molecule has 0 atom stereocenters. The van der Waals surface area contributed by atoms with Crippen molar-refractivity contribution in [1.82, 2.24) is 10.2 Å². The number of nitrogens with one attached hydrogen (secondary N) is 1. The van der Waals surface area contributed by atoms with Gasteiger partial charge in [-0.2, -0.15) is 0 Å². The molecule has 0 aliphatic carbocycles. The highest BCUT2D eigenvalue weighted by Crippen LogP contribution is 2.35. The van der Waals surface area contributed by atoms with Crippen LogP contribution < -0.4 is 15.0 Å². The van der Waals surface area contributed by atoms with E-state index in [1.807, 2.05) is 30.3 Å². The van der Waals surface area contributed by atoms with Crippen molar-refractivity contribution < 1.29 is 9.53 Å². The molecule has 6 heteroatoms. The van der Waals surface area contributed by atoms with Crippen molar-refractivity contribution in [2.45, 2.75) is 6.92 Å². The van der Waals surface area contributed by atoms with E-state index in [1.165, 1.54) is 11.3 Å². The average Bonchev–Trinajstić information content (AvgIpc) is 2.80. The number of halogens is 1. The second kappa shape index (κ2) is 9.71. The molecule has 1 saturated heterocycles. The Morgan fingerprint density at radius 1 is 1.03 bits per heavy atom. The van der Waals surface area contributed by atoms with Crippen LogP contribution in [0.15, 0.2) is 59.1 Å². The molecule has 1 heterocycles. The number of fused-ring (bicyclic) bond motifs is 1. The van der Waals surface area contributed by atoms with E-state index in [4.69, 9.17) is 4.74 Å². The predicted octanol–water partition coefficient (Wildman–Crippen LogP) is 4.47. The molecule has 1 fully saturated rings. The molecule has 1 amide bonds. The zero-order valence-electron chi connectivity index (χ0n) is 18.0. The number of carbonyl (C=O) groups excluding carboxylic acids is 1. The first kappa shape index (κ1) is 21.7. The van der Waals surface area contributed by atoms with Crippen LogP contribution in [0, 0.1) is 6.92 Å². The van der Waals surface area contributed by atoms with Crippen LogP contribution in [-0.4, -0.2) is 57.2 Å². The molecular formula is C25H28BrN3O2. The average molecular weight is 482 g/mol. The normalized spacial score (nSPS) is 14.6. The summed E-state index contributed by atoms with van der Waals surface area (Å²) in [5.41, 5.74) is 3.19.